The first-order valence-electron chi connectivity index (χ1n) is 9.52. The Balaban J connectivity index is 0.000000208. The fourth-order valence-corrected chi connectivity index (χ4v) is 4.83. The smallest absolute Gasteiger partial charge is 0.335 e. The van der Waals surface area contributed by atoms with Gasteiger partial charge in [0.05, 0.1) is 11.1 Å². The van der Waals surface area contributed by atoms with Crippen LogP contribution in [-0.4, -0.2) is 37.1 Å². The van der Waals surface area contributed by atoms with Crippen molar-refractivity contribution in [3.8, 4) is 0 Å². The van der Waals surface area contributed by atoms with Gasteiger partial charge in [-0.2, -0.15) is 0 Å². The van der Waals surface area contributed by atoms with Crippen molar-refractivity contribution < 1.29 is 24.2 Å². The number of hydrogen-bond donors (Lipinski definition) is 2. The number of hydrogen-bond acceptors (Lipinski definition) is 3. The molecule has 1 aromatic carbocycles. The molecule has 6 heteroatoms. The largest absolute Gasteiger partial charge is 0.478 e. The molecule has 0 unspecified atom stereocenters. The summed E-state index contributed by atoms with van der Waals surface area (Å²) in [4.78, 5) is 20.7. The summed E-state index contributed by atoms with van der Waals surface area (Å²) >= 11 is 0. The maximum atomic E-state index is 10.3. The van der Waals surface area contributed by atoms with Crippen LogP contribution in [0.1, 0.15) is 72.1 Å². The van der Waals surface area contributed by atoms with E-state index in [0.29, 0.717) is 0 Å². The Kier molecular flexibility index (Phi) is 10.2. The Bertz CT molecular complexity index is 497. The molecule has 2 fully saturated rings. The Hall–Kier alpha value is -1.66. The standard InChI is InChI=1S/C8H6O4.C6H14OSi.C6H12/c9-7(10)5-1-2-6(4-3-5)8(11)12;1-8(2)6-4-3-5-7-8;1-2-4-6-5-3-1/h1-4H,(H,9,10)(H,11,12);3-6H2,1-2H3;1-6H2. The molecule has 1 saturated carbocycles. The lowest BCUT2D eigenvalue weighted by atomic mass is 10.0. The molecule has 1 aliphatic heterocycles. The lowest BCUT2D eigenvalue weighted by molar-refractivity contribution is 0.0681. The molecular formula is C20H32O5Si. The summed E-state index contributed by atoms with van der Waals surface area (Å²) in [5.74, 6) is -2.13. The van der Waals surface area contributed by atoms with Gasteiger partial charge in [0.15, 0.2) is 8.32 Å². The molecule has 1 aromatic rings. The molecule has 0 radical (unpaired) electrons. The second kappa shape index (κ2) is 11.9. The molecule has 5 nitrogen and oxygen atoms in total. The first-order valence-corrected chi connectivity index (χ1v) is 12.6. The fraction of sp³-hybridized carbons (Fsp3) is 0.600. The van der Waals surface area contributed by atoms with E-state index in [4.69, 9.17) is 14.6 Å². The average Bonchev–Trinajstić information content (AvgIpc) is 2.64. The van der Waals surface area contributed by atoms with Crippen molar-refractivity contribution in [1.82, 2.24) is 0 Å². The highest BCUT2D eigenvalue weighted by molar-refractivity contribution is 6.71. The zero-order valence-corrected chi connectivity index (χ0v) is 17.0. The predicted molar refractivity (Wildman–Crippen MR) is 106 cm³/mol. The summed E-state index contributed by atoms with van der Waals surface area (Å²) in [5, 5.41) is 16.9. The van der Waals surface area contributed by atoms with E-state index in [2.05, 4.69) is 13.1 Å². The van der Waals surface area contributed by atoms with E-state index in [1.165, 1.54) is 81.7 Å². The summed E-state index contributed by atoms with van der Waals surface area (Å²) in [7, 11) is -1.09. The van der Waals surface area contributed by atoms with Gasteiger partial charge >= 0.3 is 11.9 Å². The second-order valence-corrected chi connectivity index (χ2v) is 11.7. The Morgan fingerprint density at radius 3 is 1.35 bits per heavy atom. The summed E-state index contributed by atoms with van der Waals surface area (Å²) in [5.41, 5.74) is 0.167. The molecule has 26 heavy (non-hydrogen) atoms. The minimum Gasteiger partial charge on any atom is -0.478 e. The van der Waals surface area contributed by atoms with Crippen molar-refractivity contribution in [2.45, 2.75) is 70.5 Å². The van der Waals surface area contributed by atoms with Crippen LogP contribution in [0.2, 0.25) is 19.1 Å². The highest BCUT2D eigenvalue weighted by Crippen LogP contribution is 2.20. The van der Waals surface area contributed by atoms with Gasteiger partial charge in [-0.1, -0.05) is 44.9 Å². The third-order valence-corrected chi connectivity index (χ3v) is 7.09. The summed E-state index contributed by atoms with van der Waals surface area (Å²) < 4.78 is 5.60. The quantitative estimate of drug-likeness (QED) is 0.669. The van der Waals surface area contributed by atoms with Gasteiger partial charge in [-0.05, 0) is 49.8 Å². The van der Waals surface area contributed by atoms with Crippen LogP contribution in [0.25, 0.3) is 0 Å². The number of carboxylic acids is 2. The monoisotopic (exact) mass is 380 g/mol. The molecule has 0 spiro atoms. The van der Waals surface area contributed by atoms with Crippen LogP contribution in [0.4, 0.5) is 0 Å². The van der Waals surface area contributed by atoms with Crippen molar-refractivity contribution >= 4 is 20.3 Å². The van der Waals surface area contributed by atoms with E-state index in [1.807, 2.05) is 0 Å². The highest BCUT2D eigenvalue weighted by atomic mass is 28.4. The maximum absolute atomic E-state index is 10.3. The Morgan fingerprint density at radius 1 is 0.769 bits per heavy atom. The van der Waals surface area contributed by atoms with Crippen LogP contribution < -0.4 is 0 Å². The van der Waals surface area contributed by atoms with E-state index in [1.54, 1.807) is 0 Å². The summed E-state index contributed by atoms with van der Waals surface area (Å²) in [6, 6.07) is 6.39. The maximum Gasteiger partial charge on any atom is 0.335 e. The molecule has 0 bridgehead atoms. The van der Waals surface area contributed by atoms with Gasteiger partial charge in [-0.3, -0.25) is 0 Å². The normalized spacial score (nSPS) is 18.4. The van der Waals surface area contributed by atoms with Crippen LogP contribution in [0.15, 0.2) is 24.3 Å². The van der Waals surface area contributed by atoms with Crippen molar-refractivity contribution in [2.75, 3.05) is 6.61 Å². The first-order chi connectivity index (χ1) is 12.3. The van der Waals surface area contributed by atoms with Gasteiger partial charge in [0, 0.05) is 6.61 Å². The van der Waals surface area contributed by atoms with E-state index >= 15 is 0 Å². The van der Waals surface area contributed by atoms with Crippen molar-refractivity contribution in [3.63, 3.8) is 0 Å². The van der Waals surface area contributed by atoms with Crippen molar-refractivity contribution in [3.05, 3.63) is 35.4 Å². The predicted octanol–water partition coefficient (Wildman–Crippen LogP) is 5.43. The third-order valence-electron chi connectivity index (χ3n) is 4.54. The topological polar surface area (TPSA) is 83.8 Å². The summed E-state index contributed by atoms with van der Waals surface area (Å²) in [6.45, 7) is 5.62. The minimum absolute atomic E-state index is 0.0833. The number of benzene rings is 1. The molecule has 0 aromatic heterocycles. The zero-order valence-electron chi connectivity index (χ0n) is 16.0. The van der Waals surface area contributed by atoms with Crippen molar-refractivity contribution in [1.29, 1.82) is 0 Å². The number of carbonyl (C=O) groups is 2. The molecule has 146 valence electrons. The van der Waals surface area contributed by atoms with Crippen LogP contribution in [-0.2, 0) is 4.43 Å². The van der Waals surface area contributed by atoms with E-state index in [9.17, 15) is 9.59 Å². The Morgan fingerprint density at radius 2 is 1.15 bits per heavy atom. The molecule has 2 N–H and O–H groups in total. The zero-order chi connectivity index (χ0) is 19.4. The number of rotatable bonds is 2. The molecule has 0 amide bonds. The van der Waals surface area contributed by atoms with Crippen LogP contribution in [0.3, 0.4) is 0 Å². The number of aromatic carboxylic acids is 2. The molecule has 0 atom stereocenters. The summed E-state index contributed by atoms with van der Waals surface area (Å²) in [6.07, 6.45) is 11.7. The van der Waals surface area contributed by atoms with Crippen LogP contribution >= 0.6 is 0 Å². The highest BCUT2D eigenvalue weighted by Gasteiger charge is 2.24. The minimum atomic E-state index is -1.09. The second-order valence-electron chi connectivity index (χ2n) is 7.37. The van der Waals surface area contributed by atoms with Gasteiger partial charge in [-0.15, -0.1) is 0 Å². The van der Waals surface area contributed by atoms with Crippen molar-refractivity contribution in [2.24, 2.45) is 0 Å². The number of carboxylic acid groups (broad SMARTS) is 2. The van der Waals surface area contributed by atoms with Gasteiger partial charge in [-0.25, -0.2) is 9.59 Å². The van der Waals surface area contributed by atoms with Crippen LogP contribution in [0.5, 0.6) is 0 Å². The molecule has 3 rings (SSSR count). The Labute approximate surface area is 157 Å². The molecule has 1 saturated heterocycles. The average molecular weight is 381 g/mol. The molecule has 1 aliphatic carbocycles. The molecular weight excluding hydrogens is 348 g/mol. The lowest BCUT2D eigenvalue weighted by Gasteiger charge is -2.27. The van der Waals surface area contributed by atoms with Gasteiger partial charge in [0.2, 0.25) is 0 Å². The third kappa shape index (κ3) is 9.72. The fourth-order valence-electron chi connectivity index (χ4n) is 2.89. The van der Waals surface area contributed by atoms with Gasteiger partial charge < -0.3 is 14.6 Å². The van der Waals surface area contributed by atoms with Gasteiger partial charge in [0.1, 0.15) is 0 Å². The van der Waals surface area contributed by atoms with E-state index in [0.717, 1.165) is 6.61 Å². The lowest BCUT2D eigenvalue weighted by Crippen LogP contribution is -2.33. The van der Waals surface area contributed by atoms with Gasteiger partial charge in [0.25, 0.3) is 0 Å². The first kappa shape index (κ1) is 22.4. The molecule has 1 heterocycles. The SMILES string of the molecule is C1CCCCC1.C[Si]1(C)CCCCO1.O=C(O)c1ccc(C(=O)O)cc1. The van der Waals surface area contributed by atoms with E-state index < -0.39 is 20.3 Å². The van der Waals surface area contributed by atoms with Crippen LogP contribution in [0, 0.1) is 0 Å². The molecule has 2 aliphatic rings. The van der Waals surface area contributed by atoms with E-state index in [-0.39, 0.29) is 11.1 Å².